The maximum atomic E-state index is 13.3. The summed E-state index contributed by atoms with van der Waals surface area (Å²) in [6, 6.07) is 1.55. The van der Waals surface area contributed by atoms with Gasteiger partial charge in [-0.25, -0.2) is 4.79 Å². The van der Waals surface area contributed by atoms with Crippen molar-refractivity contribution in [3.05, 3.63) is 45.6 Å². The predicted octanol–water partition coefficient (Wildman–Crippen LogP) is 6.78. The molecule has 0 saturated heterocycles. The van der Waals surface area contributed by atoms with Crippen molar-refractivity contribution in [1.29, 1.82) is 0 Å². The molecule has 1 aliphatic carbocycles. The van der Waals surface area contributed by atoms with Gasteiger partial charge in [0.05, 0.1) is 25.7 Å². The molecule has 37 heavy (non-hydrogen) atoms. The molecule has 208 valence electrons. The molecule has 1 saturated carbocycles. The topological polar surface area (TPSA) is 97.5 Å². The largest absolute Gasteiger partial charge is 0.501 e. The quantitative estimate of drug-likeness (QED) is 0.192. The van der Waals surface area contributed by atoms with Crippen LogP contribution in [0, 0.1) is 0 Å². The van der Waals surface area contributed by atoms with Gasteiger partial charge in [-0.3, -0.25) is 9.59 Å². The van der Waals surface area contributed by atoms with E-state index in [9.17, 15) is 14.4 Å². The van der Waals surface area contributed by atoms with Crippen LogP contribution in [-0.4, -0.2) is 36.6 Å². The van der Waals surface area contributed by atoms with Crippen LogP contribution in [0.15, 0.2) is 23.2 Å². The Balaban J connectivity index is 0.00000334. The van der Waals surface area contributed by atoms with Gasteiger partial charge in [0.25, 0.3) is 11.5 Å². The molecule has 0 spiro atoms. The summed E-state index contributed by atoms with van der Waals surface area (Å²) in [5, 5.41) is 2.89. The number of nitrogens with one attached hydrogen (secondary N) is 2. The fourth-order valence-electron chi connectivity index (χ4n) is 4.82. The number of ether oxygens (including phenoxy) is 2. The number of pyridine rings is 1. The van der Waals surface area contributed by atoms with E-state index in [1.54, 1.807) is 19.3 Å². The monoisotopic (exact) mass is 516 g/mol. The minimum Gasteiger partial charge on any atom is -0.501 e. The fraction of sp³-hybridized carbons (Fsp3) is 0.633. The molecule has 1 fully saturated rings. The number of esters is 1. The number of methoxy groups -OCH3 is 2. The van der Waals surface area contributed by atoms with Crippen molar-refractivity contribution in [2.45, 2.75) is 110 Å². The van der Waals surface area contributed by atoms with Gasteiger partial charge in [0.15, 0.2) is 0 Å². The van der Waals surface area contributed by atoms with Crippen molar-refractivity contribution in [3.63, 3.8) is 0 Å². The maximum Gasteiger partial charge on any atom is 0.331 e. The van der Waals surface area contributed by atoms with Crippen molar-refractivity contribution in [2.24, 2.45) is 0 Å². The van der Waals surface area contributed by atoms with Gasteiger partial charge in [-0.2, -0.15) is 0 Å². The van der Waals surface area contributed by atoms with E-state index in [-0.39, 0.29) is 5.56 Å². The molecule has 0 aromatic carbocycles. The number of unbranched alkanes of at least 4 members (excludes halogenated alkanes) is 3. The smallest absolute Gasteiger partial charge is 0.331 e. The Bertz CT molecular complexity index is 969. The first-order valence-corrected chi connectivity index (χ1v) is 13.9. The molecule has 0 bridgehead atoms. The number of aromatic nitrogens is 1. The number of carbonyl (C=O) groups excluding carboxylic acids is 2. The number of hydrogen-bond acceptors (Lipinski definition) is 5. The van der Waals surface area contributed by atoms with Gasteiger partial charge in [-0.1, -0.05) is 84.8 Å². The summed E-state index contributed by atoms with van der Waals surface area (Å²) < 4.78 is 10.6. The zero-order valence-electron chi connectivity index (χ0n) is 23.9. The Hall–Kier alpha value is -2.83. The van der Waals surface area contributed by atoms with Crippen LogP contribution in [0.3, 0.4) is 0 Å². The Kier molecular flexibility index (Phi) is 14.6. The number of hydrogen-bond donors (Lipinski definition) is 2. The Labute approximate surface area is 223 Å². The third kappa shape index (κ3) is 8.90. The molecule has 1 heterocycles. The molecule has 1 aromatic rings. The number of allylic oxidation sites excluding steroid dienone is 2. The molecule has 7 heteroatoms. The summed E-state index contributed by atoms with van der Waals surface area (Å²) in [6.07, 6.45) is 12.4. The predicted molar refractivity (Wildman–Crippen MR) is 151 cm³/mol. The van der Waals surface area contributed by atoms with Crippen molar-refractivity contribution in [3.8, 4) is 0 Å². The second kappa shape index (κ2) is 16.8. The number of amides is 1. The molecular formula is C30H48N2O5. The third-order valence-electron chi connectivity index (χ3n) is 6.99. The van der Waals surface area contributed by atoms with E-state index in [1.807, 2.05) is 20.8 Å². The molecule has 0 radical (unpaired) electrons. The number of carbonyl (C=O) groups is 2. The third-order valence-corrected chi connectivity index (χ3v) is 6.99. The van der Waals surface area contributed by atoms with Crippen LogP contribution in [0.1, 0.15) is 126 Å². The molecule has 1 aromatic heterocycles. The van der Waals surface area contributed by atoms with E-state index in [4.69, 9.17) is 9.47 Å². The van der Waals surface area contributed by atoms with Crippen LogP contribution in [0.5, 0.6) is 0 Å². The molecular weight excluding hydrogens is 468 g/mol. The molecule has 2 rings (SSSR count). The van der Waals surface area contributed by atoms with E-state index >= 15 is 0 Å². The average Bonchev–Trinajstić information content (AvgIpc) is 2.90. The molecule has 2 N–H and O–H groups in total. The number of aromatic amines is 1. The summed E-state index contributed by atoms with van der Waals surface area (Å²) in [4.78, 5) is 42.1. The highest BCUT2D eigenvalue weighted by molar-refractivity contribution is 5.98. The normalized spacial score (nSPS) is 15.6. The lowest BCUT2D eigenvalue weighted by atomic mass is 9.83. The van der Waals surface area contributed by atoms with Crippen molar-refractivity contribution < 1.29 is 19.1 Å². The lowest BCUT2D eigenvalue weighted by molar-refractivity contribution is -0.149. The summed E-state index contributed by atoms with van der Waals surface area (Å²) in [6.45, 7) is 11.9. The first-order valence-electron chi connectivity index (χ1n) is 13.9. The van der Waals surface area contributed by atoms with Gasteiger partial charge >= 0.3 is 5.97 Å². The summed E-state index contributed by atoms with van der Waals surface area (Å²) in [7, 11) is 2.94. The molecule has 1 amide bonds. The standard InChI is InChI=1S/C28H42N2O5.C2H6/c1-6-8-9-13-16-22(20(3)34-4)24-21(7-2)19-23(25(31)29-24)26(32)30-28(27(33)35-5)17-14-11-10-12-15-18-28;1-2/h7,19H,2,6,8-18H2,1,3-5H3,(H,29,31)(H,30,32);1-2H3/b22-20+;. The van der Waals surface area contributed by atoms with Crippen LogP contribution < -0.4 is 10.9 Å². The van der Waals surface area contributed by atoms with Gasteiger partial charge in [0.1, 0.15) is 11.1 Å². The van der Waals surface area contributed by atoms with Crippen LogP contribution in [0.25, 0.3) is 11.6 Å². The minimum atomic E-state index is -1.12. The molecule has 0 atom stereocenters. The zero-order valence-corrected chi connectivity index (χ0v) is 23.9. The first kappa shape index (κ1) is 32.2. The lowest BCUT2D eigenvalue weighted by Gasteiger charge is -2.33. The summed E-state index contributed by atoms with van der Waals surface area (Å²) >= 11 is 0. The van der Waals surface area contributed by atoms with Crippen LogP contribution in [0.4, 0.5) is 0 Å². The molecule has 0 aliphatic heterocycles. The average molecular weight is 517 g/mol. The first-order chi connectivity index (χ1) is 17.8. The summed E-state index contributed by atoms with van der Waals surface area (Å²) in [5.41, 5.74) is 0.474. The van der Waals surface area contributed by atoms with E-state index in [1.165, 1.54) is 7.11 Å². The molecule has 1 aliphatic rings. The number of H-pyrrole nitrogens is 1. The fourth-order valence-corrected chi connectivity index (χ4v) is 4.82. The highest BCUT2D eigenvalue weighted by Crippen LogP contribution is 2.29. The van der Waals surface area contributed by atoms with Crippen LogP contribution >= 0.6 is 0 Å². The van der Waals surface area contributed by atoms with E-state index in [2.05, 4.69) is 23.8 Å². The molecule has 7 nitrogen and oxygen atoms in total. The van der Waals surface area contributed by atoms with Crippen LogP contribution in [-0.2, 0) is 14.3 Å². The highest BCUT2D eigenvalue weighted by Gasteiger charge is 2.41. The van der Waals surface area contributed by atoms with Gasteiger partial charge < -0.3 is 19.8 Å². The Morgan fingerprint density at radius 1 is 1.05 bits per heavy atom. The number of rotatable bonds is 11. The van der Waals surface area contributed by atoms with Gasteiger partial charge in [-0.05, 0) is 44.2 Å². The van der Waals surface area contributed by atoms with Crippen molar-refractivity contribution >= 4 is 23.5 Å². The van der Waals surface area contributed by atoms with E-state index < -0.39 is 23.0 Å². The minimum absolute atomic E-state index is 0.0469. The van der Waals surface area contributed by atoms with Gasteiger partial charge in [0, 0.05) is 5.57 Å². The highest BCUT2D eigenvalue weighted by atomic mass is 16.5. The van der Waals surface area contributed by atoms with Gasteiger partial charge in [-0.15, -0.1) is 0 Å². The van der Waals surface area contributed by atoms with Crippen LogP contribution in [0.2, 0.25) is 0 Å². The zero-order chi connectivity index (χ0) is 27.8. The van der Waals surface area contributed by atoms with Crippen molar-refractivity contribution in [1.82, 2.24) is 10.3 Å². The molecule has 0 unspecified atom stereocenters. The maximum absolute atomic E-state index is 13.3. The van der Waals surface area contributed by atoms with E-state index in [0.717, 1.165) is 75.5 Å². The Morgan fingerprint density at radius 2 is 1.68 bits per heavy atom. The summed E-state index contributed by atoms with van der Waals surface area (Å²) in [5.74, 6) is -0.321. The van der Waals surface area contributed by atoms with Gasteiger partial charge in [0.2, 0.25) is 0 Å². The SMILES string of the molecule is C=Cc1cc(C(=O)NC2(C(=O)OC)CCCCCCC2)c(=O)[nH]c1/C(CCCCCC)=C(\C)OC.CC. The second-order valence-electron chi connectivity index (χ2n) is 9.39. The second-order valence-corrected chi connectivity index (χ2v) is 9.39. The van der Waals surface area contributed by atoms with E-state index in [0.29, 0.717) is 24.1 Å². The Morgan fingerprint density at radius 3 is 2.22 bits per heavy atom. The lowest BCUT2D eigenvalue weighted by Crippen LogP contribution is -2.56. The van der Waals surface area contributed by atoms with Crippen molar-refractivity contribution in [2.75, 3.05) is 14.2 Å².